The highest BCUT2D eigenvalue weighted by atomic mass is 16.5. The number of hydrogen-bond acceptors (Lipinski definition) is 13. The minimum atomic E-state index is -0.949. The van der Waals surface area contributed by atoms with Crippen LogP contribution in [0.5, 0.6) is 23.3 Å². The average molecular weight is 950 g/mol. The molecule has 1 atom stereocenters. The Bertz CT molecular complexity index is 2080. The van der Waals surface area contributed by atoms with Crippen LogP contribution in [-0.4, -0.2) is 151 Å². The highest BCUT2D eigenvalue weighted by Gasteiger charge is 2.43. The van der Waals surface area contributed by atoms with Gasteiger partial charge in [0.1, 0.15) is 46.8 Å². The highest BCUT2D eigenvalue weighted by molar-refractivity contribution is 5.91. The number of nitrogens with zero attached hydrogens (tertiary/aromatic N) is 6. The van der Waals surface area contributed by atoms with E-state index < -0.39 is 45.9 Å². The first kappa shape index (κ1) is 55.6. The molecule has 0 amide bonds. The molecule has 0 saturated carbocycles. The molecule has 1 saturated heterocycles. The number of carbonyl (C=O) groups is 3. The molecule has 1 fully saturated rings. The van der Waals surface area contributed by atoms with E-state index in [1.807, 2.05) is 118 Å². The number of rotatable bonds is 15. The number of esters is 1. The molecule has 1 aliphatic heterocycles. The van der Waals surface area contributed by atoms with Gasteiger partial charge in [0.05, 0.1) is 41.9 Å². The van der Waals surface area contributed by atoms with Gasteiger partial charge in [-0.05, 0) is 122 Å². The van der Waals surface area contributed by atoms with Crippen LogP contribution in [0, 0.1) is 0 Å². The second-order valence-corrected chi connectivity index (χ2v) is 22.9. The Hall–Kier alpha value is -5.03. The molecule has 2 heterocycles. The predicted octanol–water partition coefficient (Wildman–Crippen LogP) is 7.95. The van der Waals surface area contributed by atoms with Crippen LogP contribution in [0.3, 0.4) is 0 Å². The van der Waals surface area contributed by atoms with Crippen LogP contribution in [0.4, 0.5) is 0 Å². The van der Waals surface area contributed by atoms with Gasteiger partial charge >= 0.3 is 17.9 Å². The number of quaternary nitrogens is 1. The van der Waals surface area contributed by atoms with Crippen molar-refractivity contribution in [3.05, 3.63) is 71.0 Å². The molecule has 0 aliphatic carbocycles. The van der Waals surface area contributed by atoms with Gasteiger partial charge in [0.2, 0.25) is 11.8 Å². The molecule has 0 bridgehead atoms. The molecular formula is C52H81N6O10+. The van der Waals surface area contributed by atoms with E-state index in [9.17, 15) is 24.6 Å². The third-order valence-corrected chi connectivity index (χ3v) is 11.3. The molecule has 4 rings (SSSR count). The molecule has 1 unspecified atom stereocenters. The van der Waals surface area contributed by atoms with Crippen LogP contribution in [-0.2, 0) is 34.0 Å². The Morgan fingerprint density at radius 2 is 1.03 bits per heavy atom. The lowest BCUT2D eigenvalue weighted by Crippen LogP contribution is -2.66. The minimum absolute atomic E-state index is 0.0921. The van der Waals surface area contributed by atoms with Crippen LogP contribution >= 0.6 is 0 Å². The minimum Gasteiger partial charge on any atom is -0.488 e. The smallest absolute Gasteiger partial charge is 0.359 e. The molecule has 0 spiro atoms. The summed E-state index contributed by atoms with van der Waals surface area (Å²) in [6.07, 6.45) is 1.43. The molecule has 2 aromatic carbocycles. The van der Waals surface area contributed by atoms with Crippen LogP contribution in [0.2, 0.25) is 0 Å². The zero-order valence-electron chi connectivity index (χ0n) is 43.7. The van der Waals surface area contributed by atoms with E-state index in [1.54, 1.807) is 12.1 Å². The summed E-state index contributed by atoms with van der Waals surface area (Å²) in [6.45, 7) is 33.4. The normalized spacial score (nSPS) is 17.9. The third kappa shape index (κ3) is 18.1. The topological polar surface area (TPSA) is 173 Å². The van der Waals surface area contributed by atoms with Gasteiger partial charge in [-0.25, -0.2) is 19.6 Å². The zero-order chi connectivity index (χ0) is 50.9. The van der Waals surface area contributed by atoms with E-state index in [2.05, 4.69) is 40.5 Å². The van der Waals surface area contributed by atoms with Crippen LogP contribution < -0.4 is 18.9 Å². The predicted molar refractivity (Wildman–Crippen MR) is 262 cm³/mol. The van der Waals surface area contributed by atoms with Gasteiger partial charge in [-0.2, -0.15) is 0 Å². The van der Waals surface area contributed by atoms with E-state index in [-0.39, 0.29) is 29.7 Å². The van der Waals surface area contributed by atoms with Crippen molar-refractivity contribution in [2.24, 2.45) is 0 Å². The summed E-state index contributed by atoms with van der Waals surface area (Å²) < 4.78 is 32.1. The summed E-state index contributed by atoms with van der Waals surface area (Å²) in [5.41, 5.74) is -0.528. The van der Waals surface area contributed by atoms with Crippen molar-refractivity contribution in [3.8, 4) is 23.3 Å². The molecule has 378 valence electrons. The number of aliphatic carboxylic acids is 2. The maximum absolute atomic E-state index is 13.7. The quantitative estimate of drug-likeness (QED) is 0.111. The van der Waals surface area contributed by atoms with Crippen LogP contribution in [0.25, 0.3) is 0 Å². The Morgan fingerprint density at radius 3 is 1.44 bits per heavy atom. The maximum atomic E-state index is 13.7. The summed E-state index contributed by atoms with van der Waals surface area (Å²) in [4.78, 5) is 54.7. The van der Waals surface area contributed by atoms with Crippen molar-refractivity contribution in [3.63, 3.8) is 0 Å². The van der Waals surface area contributed by atoms with Crippen molar-refractivity contribution < 1.29 is 52.8 Å². The summed E-state index contributed by atoms with van der Waals surface area (Å²) in [5.74, 6) is -0.709. The van der Waals surface area contributed by atoms with Crippen LogP contribution in [0.1, 0.15) is 131 Å². The molecule has 16 nitrogen and oxygen atoms in total. The number of carboxylic acids is 2. The second-order valence-electron chi connectivity index (χ2n) is 22.9. The number of carbonyl (C=O) groups excluding carboxylic acids is 1. The fourth-order valence-corrected chi connectivity index (χ4v) is 7.93. The van der Waals surface area contributed by atoms with Crippen molar-refractivity contribution in [2.45, 2.75) is 151 Å². The Kier molecular flexibility index (Phi) is 18.5. The second kappa shape index (κ2) is 22.6. The van der Waals surface area contributed by atoms with Gasteiger partial charge in [0.15, 0.2) is 6.54 Å². The molecule has 1 aliphatic rings. The van der Waals surface area contributed by atoms with Crippen molar-refractivity contribution in [1.82, 2.24) is 24.7 Å². The van der Waals surface area contributed by atoms with E-state index in [1.165, 1.54) is 6.33 Å². The molecular weight excluding hydrogens is 869 g/mol. The third-order valence-electron chi connectivity index (χ3n) is 11.3. The fraction of sp³-hybridized carbons (Fsp3) is 0.635. The lowest BCUT2D eigenvalue weighted by molar-refractivity contribution is -0.963. The molecule has 68 heavy (non-hydrogen) atoms. The van der Waals surface area contributed by atoms with Gasteiger partial charge in [0.25, 0.3) is 0 Å². The van der Waals surface area contributed by atoms with Crippen molar-refractivity contribution >= 4 is 17.9 Å². The first-order valence-electron chi connectivity index (χ1n) is 23.8. The SMILES string of the molecule is CC(C)(C)Oc1cc(C(=O)OCc2ccccc2)cc(OC(C)(C)C)c1CN1CCN(CC(=O)O)CCN(Cc2c(OC(C)(C)C)ncnc2OC(C)(C)C)CC[N+](CC(=O)O)(C(C)(C)C)CC1. The number of carboxylic acid groups (broad SMARTS) is 2. The average Bonchev–Trinajstić information content (AvgIpc) is 3.17. The number of ether oxygens (including phenoxy) is 5. The molecule has 0 radical (unpaired) electrons. The van der Waals surface area contributed by atoms with Crippen molar-refractivity contribution in [1.29, 1.82) is 0 Å². The first-order valence-corrected chi connectivity index (χ1v) is 23.8. The van der Waals surface area contributed by atoms with Crippen molar-refractivity contribution in [2.75, 3.05) is 65.4 Å². The van der Waals surface area contributed by atoms with Crippen LogP contribution in [0.15, 0.2) is 48.8 Å². The fourth-order valence-electron chi connectivity index (χ4n) is 7.93. The zero-order valence-corrected chi connectivity index (χ0v) is 43.7. The summed E-state index contributed by atoms with van der Waals surface area (Å²) >= 11 is 0. The Balaban J connectivity index is 1.83. The van der Waals surface area contributed by atoms with Gasteiger partial charge in [0, 0.05) is 52.4 Å². The monoisotopic (exact) mass is 950 g/mol. The van der Waals surface area contributed by atoms with E-state index in [0.717, 1.165) is 5.56 Å². The largest absolute Gasteiger partial charge is 0.488 e. The van der Waals surface area contributed by atoms with E-state index in [0.29, 0.717) is 99.8 Å². The van der Waals surface area contributed by atoms with Gasteiger partial charge in [-0.1, -0.05) is 30.3 Å². The maximum Gasteiger partial charge on any atom is 0.359 e. The Labute approximate surface area is 405 Å². The lowest BCUT2D eigenvalue weighted by Gasteiger charge is -2.49. The first-order chi connectivity index (χ1) is 31.3. The molecule has 3 aromatic rings. The standard InChI is InChI=1S/C52H80N6O10/c1-48(2,3)58(34-44(61)62)27-25-56(31-39-41(65-49(4,5)6)29-38(30-42(39)66-50(7,8)9)47(63)64-35-37-19-17-16-18-20-37)23-21-55(33-43(59)60)22-24-57(26-28-58)32-40-45(67-51(10,11)12)53-36-54-46(40)68-52(13,14)15/h16-20,29-30,36H,21-28,31-35H2,1-15H3,(H-,59,60,61,62)/p+1. The summed E-state index contributed by atoms with van der Waals surface area (Å²) in [5, 5.41) is 20.8. The molecule has 16 heteroatoms. The van der Waals surface area contributed by atoms with Gasteiger partial charge in [-0.15, -0.1) is 0 Å². The van der Waals surface area contributed by atoms with E-state index >= 15 is 0 Å². The number of hydrogen-bond donors (Lipinski definition) is 2. The number of aromatic nitrogens is 2. The van der Waals surface area contributed by atoms with Gasteiger partial charge < -0.3 is 38.4 Å². The van der Waals surface area contributed by atoms with Gasteiger partial charge in [-0.3, -0.25) is 19.5 Å². The van der Waals surface area contributed by atoms with E-state index in [4.69, 9.17) is 23.7 Å². The summed E-state index contributed by atoms with van der Waals surface area (Å²) in [7, 11) is 0. The molecule has 1 aromatic heterocycles. The number of benzene rings is 2. The Morgan fingerprint density at radius 1 is 0.588 bits per heavy atom. The highest BCUT2D eigenvalue weighted by Crippen LogP contribution is 2.37. The lowest BCUT2D eigenvalue weighted by atomic mass is 9.99. The summed E-state index contributed by atoms with van der Waals surface area (Å²) in [6, 6.07) is 12.9. The molecule has 2 N–H and O–H groups in total.